The summed E-state index contributed by atoms with van der Waals surface area (Å²) in [4.78, 5) is 69.8. The number of ether oxygens (including phenoxy) is 2. The lowest BCUT2D eigenvalue weighted by atomic mass is 10.2. The maximum atomic E-state index is 13.3. The monoisotopic (exact) mass is 720 g/mol. The number of carbonyl (C=O) groups excluding carboxylic acids is 3. The van der Waals surface area contributed by atoms with Gasteiger partial charge in [0.05, 0.1) is 18.6 Å². The number of halogens is 2. The van der Waals surface area contributed by atoms with Gasteiger partial charge in [-0.1, -0.05) is 53.5 Å². The number of imide groups is 1. The van der Waals surface area contributed by atoms with Gasteiger partial charge in [-0.15, -0.1) is 0 Å². The van der Waals surface area contributed by atoms with Crippen LogP contribution in [0.2, 0.25) is 10.0 Å². The van der Waals surface area contributed by atoms with E-state index in [0.717, 1.165) is 9.47 Å². The van der Waals surface area contributed by atoms with E-state index in [1.165, 1.54) is 36.4 Å². The second kappa shape index (κ2) is 13.7. The fourth-order valence-corrected chi connectivity index (χ4v) is 6.39. The number of thioether (sulfide) groups is 1. The highest BCUT2D eigenvalue weighted by Crippen LogP contribution is 2.37. The molecule has 0 spiro atoms. The molecule has 1 aliphatic rings. The number of anilines is 1. The minimum Gasteiger partial charge on any atom is -0.493 e. The van der Waals surface area contributed by atoms with Crippen molar-refractivity contribution in [3.8, 4) is 17.5 Å². The van der Waals surface area contributed by atoms with Crippen molar-refractivity contribution in [1.29, 1.82) is 0 Å². The van der Waals surface area contributed by atoms with Crippen LogP contribution in [-0.2, 0) is 30.2 Å². The molecule has 1 aliphatic heterocycles. The summed E-state index contributed by atoms with van der Waals surface area (Å²) in [6.07, 6.45) is 1.50. The molecule has 0 saturated carbocycles. The average molecular weight is 722 g/mol. The highest BCUT2D eigenvalue weighted by Gasteiger charge is 2.36. The number of rotatable bonds is 9. The molecule has 6 rings (SSSR count). The van der Waals surface area contributed by atoms with Gasteiger partial charge in [-0.25, -0.2) is 4.79 Å². The molecule has 1 N–H and O–H groups in total. The topological polar surface area (TPSA) is 147 Å². The summed E-state index contributed by atoms with van der Waals surface area (Å²) in [6, 6.07) is 18.4. The quantitative estimate of drug-likeness (QED) is 0.201. The van der Waals surface area contributed by atoms with Gasteiger partial charge in [0.2, 0.25) is 5.91 Å². The second-order valence-electron chi connectivity index (χ2n) is 10.8. The van der Waals surface area contributed by atoms with Gasteiger partial charge in [0.15, 0.2) is 22.7 Å². The number of nitrogens with zero attached hydrogens (tertiary/aromatic N) is 5. The van der Waals surface area contributed by atoms with Gasteiger partial charge in [-0.3, -0.25) is 37.8 Å². The Balaban J connectivity index is 1.30. The lowest BCUT2D eigenvalue weighted by molar-refractivity contribution is -0.127. The smallest absolute Gasteiger partial charge is 0.332 e. The van der Waals surface area contributed by atoms with Gasteiger partial charge in [-0.2, -0.15) is 4.98 Å². The largest absolute Gasteiger partial charge is 0.493 e. The number of amides is 3. The van der Waals surface area contributed by atoms with Gasteiger partial charge in [0.25, 0.3) is 16.7 Å². The van der Waals surface area contributed by atoms with Crippen molar-refractivity contribution in [2.24, 2.45) is 14.1 Å². The van der Waals surface area contributed by atoms with Crippen molar-refractivity contribution in [1.82, 2.24) is 23.6 Å². The lowest BCUT2D eigenvalue weighted by Gasteiger charge is -2.14. The van der Waals surface area contributed by atoms with Gasteiger partial charge in [0.1, 0.15) is 6.54 Å². The molecule has 250 valence electrons. The summed E-state index contributed by atoms with van der Waals surface area (Å²) < 4.78 is 15.5. The van der Waals surface area contributed by atoms with Crippen molar-refractivity contribution >= 4 is 74.9 Å². The molecule has 1 fully saturated rings. The zero-order valence-electron chi connectivity index (χ0n) is 26.1. The van der Waals surface area contributed by atoms with Gasteiger partial charge in [-0.05, 0) is 65.4 Å². The molecule has 0 atom stereocenters. The number of benzene rings is 3. The van der Waals surface area contributed by atoms with E-state index < -0.39 is 34.8 Å². The Hall–Kier alpha value is -5.31. The first-order chi connectivity index (χ1) is 23.4. The first kappa shape index (κ1) is 33.6. The third-order valence-electron chi connectivity index (χ3n) is 7.58. The number of aryl methyl sites for hydroxylation is 1. The number of hydrogen-bond acceptors (Lipinski definition) is 9. The Morgan fingerprint density at radius 3 is 2.43 bits per heavy atom. The van der Waals surface area contributed by atoms with Crippen LogP contribution in [0.25, 0.3) is 17.2 Å². The molecule has 49 heavy (non-hydrogen) atoms. The number of methoxy groups -OCH3 is 1. The molecule has 3 heterocycles. The molecule has 0 aliphatic carbocycles. The number of carbonyl (C=O) groups is 3. The minimum atomic E-state index is -0.612. The molecule has 0 bridgehead atoms. The second-order valence-corrected chi connectivity index (χ2v) is 12.6. The van der Waals surface area contributed by atoms with Crippen molar-refractivity contribution in [2.45, 2.75) is 6.54 Å². The van der Waals surface area contributed by atoms with E-state index >= 15 is 0 Å². The molecule has 3 amide bonds. The summed E-state index contributed by atoms with van der Waals surface area (Å²) in [5.74, 6) is -0.689. The van der Waals surface area contributed by atoms with Crippen LogP contribution >= 0.6 is 35.0 Å². The van der Waals surface area contributed by atoms with Crippen LogP contribution < -0.4 is 26.0 Å². The third-order valence-corrected chi connectivity index (χ3v) is 9.07. The van der Waals surface area contributed by atoms with Crippen LogP contribution in [0, 0.1) is 0 Å². The SMILES string of the molecule is COc1cc(/C=C2/SC(=O)N(CC(=O)Nc3ccccc3)C2=O)ccc1Oc1nc2c(c(=O)n(C)c(=O)n2C)n1Cc1ccc(Cl)cc1Cl. The first-order valence-electron chi connectivity index (χ1n) is 14.5. The molecule has 13 nitrogen and oxygen atoms in total. The summed E-state index contributed by atoms with van der Waals surface area (Å²) in [7, 11) is 4.28. The van der Waals surface area contributed by atoms with Crippen molar-refractivity contribution in [3.63, 3.8) is 0 Å². The molecular weight excluding hydrogens is 695 g/mol. The Kier molecular flexibility index (Phi) is 9.37. The van der Waals surface area contributed by atoms with Crippen LogP contribution in [0.1, 0.15) is 11.1 Å². The summed E-state index contributed by atoms with van der Waals surface area (Å²) in [6.45, 7) is -0.390. The Bertz CT molecular complexity index is 2320. The standard InChI is InChI=1S/C33H26Cl2N6O7S/c1-38-28-27(30(44)39(2)32(38)45)40(16-19-10-11-20(34)15-22(19)35)31(37-28)48-23-12-9-18(13-24(23)47-3)14-25-29(43)41(33(46)49-25)17-26(42)36-21-7-5-4-6-8-21/h4-15H,16-17H2,1-3H3,(H,36,42)/b25-14+. The van der Waals surface area contributed by atoms with Crippen molar-refractivity contribution in [3.05, 3.63) is 114 Å². The van der Waals surface area contributed by atoms with Crippen molar-refractivity contribution < 1.29 is 23.9 Å². The van der Waals surface area contributed by atoms with E-state index in [1.54, 1.807) is 66.7 Å². The fourth-order valence-electron chi connectivity index (χ4n) is 5.08. The van der Waals surface area contributed by atoms with Crippen LogP contribution in [0.5, 0.6) is 17.5 Å². The van der Waals surface area contributed by atoms with E-state index in [1.807, 2.05) is 0 Å². The lowest BCUT2D eigenvalue weighted by Crippen LogP contribution is -2.37. The first-order valence-corrected chi connectivity index (χ1v) is 16.1. The van der Waals surface area contributed by atoms with Gasteiger partial charge >= 0.3 is 11.7 Å². The van der Waals surface area contributed by atoms with Gasteiger partial charge < -0.3 is 14.8 Å². The number of hydrogen-bond donors (Lipinski definition) is 1. The van der Waals surface area contributed by atoms with E-state index in [0.29, 0.717) is 38.6 Å². The maximum absolute atomic E-state index is 13.3. The molecule has 5 aromatic rings. The molecule has 3 aromatic carbocycles. The maximum Gasteiger partial charge on any atom is 0.332 e. The van der Waals surface area contributed by atoms with Crippen molar-refractivity contribution in [2.75, 3.05) is 19.0 Å². The van der Waals surface area contributed by atoms with Crippen LogP contribution in [-0.4, -0.2) is 54.3 Å². The molecule has 0 radical (unpaired) electrons. The van der Waals surface area contributed by atoms with E-state index in [4.69, 9.17) is 32.7 Å². The third kappa shape index (κ3) is 6.70. The molecule has 2 aromatic heterocycles. The summed E-state index contributed by atoms with van der Waals surface area (Å²) in [5.41, 5.74) is 0.702. The number of nitrogens with one attached hydrogen (secondary N) is 1. The zero-order valence-corrected chi connectivity index (χ0v) is 28.4. The van der Waals surface area contributed by atoms with Gasteiger partial charge in [0, 0.05) is 29.8 Å². The van der Waals surface area contributed by atoms with Crippen LogP contribution in [0.15, 0.2) is 81.2 Å². The molecule has 16 heteroatoms. The minimum absolute atomic E-state index is 0.0275. The van der Waals surface area contributed by atoms with Crippen LogP contribution in [0.4, 0.5) is 10.5 Å². The summed E-state index contributed by atoms with van der Waals surface area (Å²) in [5, 5.41) is 2.87. The number of fused-ring (bicyclic) bond motifs is 1. The van der Waals surface area contributed by atoms with Crippen LogP contribution in [0.3, 0.4) is 0 Å². The summed E-state index contributed by atoms with van der Waals surface area (Å²) >= 11 is 13.3. The molecule has 1 saturated heterocycles. The normalized spacial score (nSPS) is 13.8. The van der Waals surface area contributed by atoms with E-state index in [-0.39, 0.29) is 40.1 Å². The average Bonchev–Trinajstić information content (AvgIpc) is 3.56. The molecule has 0 unspecified atom stereocenters. The Morgan fingerprint density at radius 1 is 0.959 bits per heavy atom. The predicted octanol–water partition coefficient (Wildman–Crippen LogP) is 5.26. The van der Waals surface area contributed by atoms with E-state index in [9.17, 15) is 24.0 Å². The number of para-hydroxylation sites is 1. The van der Waals surface area contributed by atoms with E-state index in [2.05, 4.69) is 10.3 Å². The Labute approximate surface area is 292 Å². The predicted molar refractivity (Wildman–Crippen MR) is 187 cm³/mol. The number of imidazole rings is 1. The highest BCUT2D eigenvalue weighted by atomic mass is 35.5. The molecular formula is C33H26Cl2N6O7S. The Morgan fingerprint density at radius 2 is 1.71 bits per heavy atom. The highest BCUT2D eigenvalue weighted by molar-refractivity contribution is 8.18. The zero-order chi connectivity index (χ0) is 35.0. The fraction of sp³-hybridized carbons (Fsp3) is 0.152. The number of aromatic nitrogens is 4.